The lowest BCUT2D eigenvalue weighted by molar-refractivity contribution is -0.154. The average Bonchev–Trinajstić information content (AvgIpc) is 2.49. The summed E-state index contributed by atoms with van der Waals surface area (Å²) in [6, 6.07) is 0. The van der Waals surface area contributed by atoms with Gasteiger partial charge in [0.05, 0.1) is 13.2 Å². The van der Waals surface area contributed by atoms with Gasteiger partial charge in [-0.25, -0.2) is 9.80 Å². The molecule has 0 unspecified atom stereocenters. The van der Waals surface area contributed by atoms with E-state index in [0.29, 0.717) is 10.0 Å². The molecule has 1 rings (SSSR count). The van der Waals surface area contributed by atoms with Gasteiger partial charge in [-0.15, -0.1) is 0 Å². The number of carbonyl (C=O) groups is 3. The molecule has 0 bridgehead atoms. The number of hydrogen-bond acceptors (Lipinski definition) is 4. The molecule has 7 nitrogen and oxygen atoms in total. The van der Waals surface area contributed by atoms with E-state index in [4.69, 9.17) is 9.84 Å². The third kappa shape index (κ3) is 2.44. The fraction of sp³-hybridized carbons (Fsp3) is 0.625. The minimum atomic E-state index is -1.34. The number of imide groups is 1. The van der Waals surface area contributed by atoms with Crippen LogP contribution in [0.2, 0.25) is 0 Å². The number of methoxy groups -OCH3 is 1. The van der Waals surface area contributed by atoms with Crippen LogP contribution in [-0.2, 0) is 14.3 Å². The Hall–Kier alpha value is -1.63. The largest absolute Gasteiger partial charge is 0.464 e. The first-order valence-electron chi connectivity index (χ1n) is 4.43. The molecule has 3 amide bonds. The lowest BCUT2D eigenvalue weighted by atomic mass is 10.4. The molecule has 1 fully saturated rings. The molecule has 1 N–H and O–H groups in total. The van der Waals surface area contributed by atoms with Crippen molar-refractivity contribution in [2.75, 3.05) is 20.3 Å². The zero-order valence-corrected chi connectivity index (χ0v) is 8.30. The van der Waals surface area contributed by atoms with Gasteiger partial charge in [0, 0.05) is 20.0 Å². The van der Waals surface area contributed by atoms with E-state index in [1.165, 1.54) is 7.11 Å². The van der Waals surface area contributed by atoms with E-state index < -0.39 is 17.9 Å². The summed E-state index contributed by atoms with van der Waals surface area (Å²) in [6.45, 7) is 0.0900. The summed E-state index contributed by atoms with van der Waals surface area (Å²) in [7, 11) is 1.41. The molecule has 1 saturated heterocycles. The van der Waals surface area contributed by atoms with Crippen LogP contribution in [0, 0.1) is 0 Å². The summed E-state index contributed by atoms with van der Waals surface area (Å²) in [5, 5.41) is 10.2. The van der Waals surface area contributed by atoms with Crippen molar-refractivity contribution in [3.63, 3.8) is 0 Å². The quantitative estimate of drug-likeness (QED) is 0.650. The number of ether oxygens (including phenoxy) is 1. The van der Waals surface area contributed by atoms with Crippen LogP contribution in [0.15, 0.2) is 0 Å². The van der Waals surface area contributed by atoms with Crippen molar-refractivity contribution in [3.05, 3.63) is 0 Å². The van der Waals surface area contributed by atoms with E-state index in [0.717, 1.165) is 0 Å². The first kappa shape index (κ1) is 11.4. The van der Waals surface area contributed by atoms with Gasteiger partial charge in [-0.05, 0) is 0 Å². The lowest BCUT2D eigenvalue weighted by Crippen LogP contribution is -2.50. The molecule has 15 heavy (non-hydrogen) atoms. The minimum Gasteiger partial charge on any atom is -0.464 e. The van der Waals surface area contributed by atoms with Crippen LogP contribution in [0.4, 0.5) is 4.79 Å². The standard InChI is InChI=1S/C8H12N2O5/c1-15-5-4-9(8(13)14)10-6(11)2-3-7(10)12/h2-5H2,1H3,(H,13,14). The average molecular weight is 216 g/mol. The van der Waals surface area contributed by atoms with Gasteiger partial charge < -0.3 is 9.84 Å². The van der Waals surface area contributed by atoms with Gasteiger partial charge in [-0.3, -0.25) is 9.59 Å². The second kappa shape index (κ2) is 4.74. The van der Waals surface area contributed by atoms with E-state index in [-0.39, 0.29) is 26.0 Å². The summed E-state index contributed by atoms with van der Waals surface area (Å²) < 4.78 is 4.70. The van der Waals surface area contributed by atoms with Gasteiger partial charge in [0.1, 0.15) is 0 Å². The van der Waals surface area contributed by atoms with Crippen molar-refractivity contribution in [1.82, 2.24) is 10.0 Å². The summed E-state index contributed by atoms with van der Waals surface area (Å²) >= 11 is 0. The Kier molecular flexibility index (Phi) is 3.62. The second-order valence-corrected chi connectivity index (χ2v) is 3.00. The molecule has 0 aliphatic carbocycles. The van der Waals surface area contributed by atoms with Crippen molar-refractivity contribution in [3.8, 4) is 0 Å². The molecule has 7 heteroatoms. The maximum atomic E-state index is 11.3. The predicted octanol–water partition coefficient (Wildman–Crippen LogP) is -0.323. The summed E-state index contributed by atoms with van der Waals surface area (Å²) in [5.74, 6) is -0.975. The number of carbonyl (C=O) groups excluding carboxylic acids is 2. The number of hydrogen-bond donors (Lipinski definition) is 1. The lowest BCUT2D eigenvalue weighted by Gasteiger charge is -2.26. The summed E-state index contributed by atoms with van der Waals surface area (Å²) in [6.07, 6.45) is -1.21. The highest BCUT2D eigenvalue weighted by Gasteiger charge is 2.36. The van der Waals surface area contributed by atoms with Crippen LogP contribution in [0.3, 0.4) is 0 Å². The van der Waals surface area contributed by atoms with Crippen molar-refractivity contribution in [1.29, 1.82) is 0 Å². The molecule has 0 saturated carbocycles. The molecular formula is C8H12N2O5. The zero-order chi connectivity index (χ0) is 11.4. The SMILES string of the molecule is COCCN(C(=O)O)N1C(=O)CCC1=O. The van der Waals surface area contributed by atoms with E-state index in [2.05, 4.69) is 0 Å². The zero-order valence-electron chi connectivity index (χ0n) is 8.30. The topological polar surface area (TPSA) is 87.2 Å². The van der Waals surface area contributed by atoms with Crippen molar-refractivity contribution in [2.24, 2.45) is 0 Å². The van der Waals surface area contributed by atoms with Gasteiger partial charge in [0.2, 0.25) is 11.8 Å². The normalized spacial score (nSPS) is 15.9. The Bertz CT molecular complexity index is 275. The number of rotatable bonds is 4. The highest BCUT2D eigenvalue weighted by Crippen LogP contribution is 2.14. The molecule has 0 aromatic carbocycles. The molecule has 0 radical (unpaired) electrons. The first-order valence-corrected chi connectivity index (χ1v) is 4.43. The number of hydrazine groups is 1. The Morgan fingerprint density at radius 2 is 2.00 bits per heavy atom. The van der Waals surface area contributed by atoms with E-state index in [1.54, 1.807) is 0 Å². The van der Waals surface area contributed by atoms with Gasteiger partial charge >= 0.3 is 6.09 Å². The van der Waals surface area contributed by atoms with Crippen molar-refractivity contribution < 1.29 is 24.2 Å². The number of amides is 3. The second-order valence-electron chi connectivity index (χ2n) is 3.00. The highest BCUT2D eigenvalue weighted by atomic mass is 16.5. The fourth-order valence-electron chi connectivity index (χ4n) is 1.29. The maximum Gasteiger partial charge on any atom is 0.426 e. The monoisotopic (exact) mass is 216 g/mol. The van der Waals surface area contributed by atoms with Crippen molar-refractivity contribution in [2.45, 2.75) is 12.8 Å². The molecule has 0 aromatic heterocycles. The van der Waals surface area contributed by atoms with E-state index >= 15 is 0 Å². The molecule has 1 aliphatic rings. The van der Waals surface area contributed by atoms with Crippen LogP contribution in [-0.4, -0.2) is 53.3 Å². The Labute approximate surface area is 86.2 Å². The molecule has 0 aromatic rings. The van der Waals surface area contributed by atoms with Crippen LogP contribution in [0.1, 0.15) is 12.8 Å². The van der Waals surface area contributed by atoms with E-state index in [9.17, 15) is 14.4 Å². The third-order valence-electron chi connectivity index (χ3n) is 1.99. The van der Waals surface area contributed by atoms with E-state index in [1.807, 2.05) is 0 Å². The van der Waals surface area contributed by atoms with Crippen LogP contribution in [0.5, 0.6) is 0 Å². The molecule has 1 aliphatic heterocycles. The summed E-state index contributed by atoms with van der Waals surface area (Å²) in [4.78, 5) is 33.3. The van der Waals surface area contributed by atoms with Gasteiger partial charge in [0.25, 0.3) is 0 Å². The maximum absolute atomic E-state index is 11.3. The van der Waals surface area contributed by atoms with Crippen molar-refractivity contribution >= 4 is 17.9 Å². The Balaban J connectivity index is 2.74. The van der Waals surface area contributed by atoms with Gasteiger partial charge in [-0.2, -0.15) is 5.01 Å². The molecule has 84 valence electrons. The Morgan fingerprint density at radius 1 is 1.47 bits per heavy atom. The fourth-order valence-corrected chi connectivity index (χ4v) is 1.29. The minimum absolute atomic E-state index is 0.0384. The first-order chi connectivity index (χ1) is 7.07. The molecule has 1 heterocycles. The third-order valence-corrected chi connectivity index (χ3v) is 1.99. The van der Waals surface area contributed by atoms with Crippen LogP contribution < -0.4 is 0 Å². The highest BCUT2D eigenvalue weighted by molar-refractivity contribution is 6.02. The van der Waals surface area contributed by atoms with Crippen LogP contribution in [0.25, 0.3) is 0 Å². The number of nitrogens with zero attached hydrogens (tertiary/aromatic N) is 2. The van der Waals surface area contributed by atoms with Crippen LogP contribution >= 0.6 is 0 Å². The number of carboxylic acid groups (broad SMARTS) is 1. The Morgan fingerprint density at radius 3 is 2.40 bits per heavy atom. The molecule has 0 spiro atoms. The molecular weight excluding hydrogens is 204 g/mol. The predicted molar refractivity (Wildman–Crippen MR) is 47.7 cm³/mol. The summed E-state index contributed by atoms with van der Waals surface area (Å²) in [5.41, 5.74) is 0. The smallest absolute Gasteiger partial charge is 0.426 e. The van der Waals surface area contributed by atoms with Gasteiger partial charge in [-0.1, -0.05) is 0 Å². The van der Waals surface area contributed by atoms with Gasteiger partial charge in [0.15, 0.2) is 0 Å². The molecule has 0 atom stereocenters.